The molecule has 0 radical (unpaired) electrons. The van der Waals surface area contributed by atoms with Crippen molar-refractivity contribution in [3.8, 4) is 12.1 Å². The molecule has 1 atom stereocenters. The Balaban J connectivity index is 2.74. The van der Waals surface area contributed by atoms with Crippen LogP contribution in [0.5, 0.6) is 0 Å². The van der Waals surface area contributed by atoms with Crippen LogP contribution in [0.15, 0.2) is 18.3 Å². The smallest absolute Gasteiger partial charge is 0.144 e. The Kier molecular flexibility index (Phi) is 4.44. The van der Waals surface area contributed by atoms with E-state index in [4.69, 9.17) is 10.5 Å². The van der Waals surface area contributed by atoms with Gasteiger partial charge in [-0.2, -0.15) is 10.5 Å². The molecule has 0 aliphatic heterocycles. The van der Waals surface area contributed by atoms with Crippen LogP contribution in [0.25, 0.3) is 0 Å². The molecule has 0 aliphatic carbocycles. The number of rotatable bonds is 4. The minimum absolute atomic E-state index is 0.178. The first kappa shape index (κ1) is 12.2. The molecule has 1 aromatic heterocycles. The molecule has 0 amide bonds. The van der Waals surface area contributed by atoms with E-state index in [9.17, 15) is 0 Å². The molecule has 4 nitrogen and oxygen atoms in total. The van der Waals surface area contributed by atoms with Gasteiger partial charge in [0.15, 0.2) is 0 Å². The fourth-order valence-corrected chi connectivity index (χ4v) is 1.38. The molecule has 0 aliphatic rings. The molecule has 82 valence electrons. The van der Waals surface area contributed by atoms with Crippen LogP contribution < -0.4 is 0 Å². The van der Waals surface area contributed by atoms with Crippen molar-refractivity contribution in [1.82, 2.24) is 9.88 Å². The number of hydrogen-bond donors (Lipinski definition) is 0. The quantitative estimate of drug-likeness (QED) is 0.765. The fraction of sp³-hybridized carbons (Fsp3) is 0.417. The average Bonchev–Trinajstić information content (AvgIpc) is 2.30. The first-order chi connectivity index (χ1) is 7.69. The van der Waals surface area contributed by atoms with Gasteiger partial charge in [0.25, 0.3) is 0 Å². The predicted molar refractivity (Wildman–Crippen MR) is 60.1 cm³/mol. The molecule has 0 bridgehead atoms. The van der Waals surface area contributed by atoms with Crippen molar-refractivity contribution in [2.45, 2.75) is 25.9 Å². The van der Waals surface area contributed by atoms with Crippen molar-refractivity contribution in [1.29, 1.82) is 10.5 Å². The summed E-state index contributed by atoms with van der Waals surface area (Å²) in [6.45, 7) is 2.63. The predicted octanol–water partition coefficient (Wildman–Crippen LogP) is 1.69. The Morgan fingerprint density at radius 2 is 2.25 bits per heavy atom. The highest BCUT2D eigenvalue weighted by Crippen LogP contribution is 2.10. The number of aromatic nitrogens is 1. The fourth-order valence-electron chi connectivity index (χ4n) is 1.38. The molecule has 1 aromatic rings. The molecule has 1 unspecified atom stereocenters. The van der Waals surface area contributed by atoms with Crippen LogP contribution in [-0.2, 0) is 6.54 Å². The minimum Gasteiger partial charge on any atom is -0.298 e. The van der Waals surface area contributed by atoms with Crippen LogP contribution in [0, 0.1) is 22.7 Å². The summed E-state index contributed by atoms with van der Waals surface area (Å²) in [6, 6.07) is 8.10. The Hall–Kier alpha value is -1.91. The molecule has 0 saturated carbocycles. The molecule has 16 heavy (non-hydrogen) atoms. The molecule has 0 fully saturated rings. The zero-order valence-corrected chi connectivity index (χ0v) is 9.51. The lowest BCUT2D eigenvalue weighted by molar-refractivity contribution is 0.252. The second-order valence-electron chi connectivity index (χ2n) is 3.75. The maximum Gasteiger partial charge on any atom is 0.144 e. The molecule has 4 heteroatoms. The van der Waals surface area contributed by atoms with Gasteiger partial charge in [0.1, 0.15) is 11.8 Å². The summed E-state index contributed by atoms with van der Waals surface area (Å²) in [5.41, 5.74) is 1.36. The van der Waals surface area contributed by atoms with Gasteiger partial charge in [-0.1, -0.05) is 6.07 Å². The lowest BCUT2D eigenvalue weighted by Crippen LogP contribution is -2.28. The molecular formula is C12H14N4. The molecular weight excluding hydrogens is 200 g/mol. The third kappa shape index (κ3) is 3.05. The number of hydrogen-bond acceptors (Lipinski definition) is 4. The number of pyridine rings is 1. The summed E-state index contributed by atoms with van der Waals surface area (Å²) in [5, 5.41) is 17.5. The van der Waals surface area contributed by atoms with Gasteiger partial charge in [0.2, 0.25) is 0 Å². The van der Waals surface area contributed by atoms with Gasteiger partial charge >= 0.3 is 0 Å². The van der Waals surface area contributed by atoms with Gasteiger partial charge in [-0.3, -0.25) is 4.90 Å². The lowest BCUT2D eigenvalue weighted by atomic mass is 10.1. The largest absolute Gasteiger partial charge is 0.298 e. The highest BCUT2D eigenvalue weighted by atomic mass is 15.1. The maximum absolute atomic E-state index is 8.89. The number of nitriles is 2. The van der Waals surface area contributed by atoms with Crippen LogP contribution in [0.2, 0.25) is 0 Å². The minimum atomic E-state index is 0.178. The van der Waals surface area contributed by atoms with Gasteiger partial charge < -0.3 is 0 Å². The van der Waals surface area contributed by atoms with E-state index in [0.717, 1.165) is 5.56 Å². The van der Waals surface area contributed by atoms with E-state index in [2.05, 4.69) is 17.1 Å². The van der Waals surface area contributed by atoms with Gasteiger partial charge in [0, 0.05) is 24.3 Å². The Bertz CT molecular complexity index is 427. The van der Waals surface area contributed by atoms with E-state index >= 15 is 0 Å². The second kappa shape index (κ2) is 5.85. The van der Waals surface area contributed by atoms with Crippen LogP contribution in [0.3, 0.4) is 0 Å². The normalized spacial score (nSPS) is 11.8. The molecule has 0 spiro atoms. The third-order valence-electron chi connectivity index (χ3n) is 2.56. The summed E-state index contributed by atoms with van der Waals surface area (Å²) in [4.78, 5) is 6.05. The van der Waals surface area contributed by atoms with E-state index in [-0.39, 0.29) is 6.04 Å². The SMILES string of the molecule is CC(CC#N)N(C)Cc1cccnc1C#N. The molecule has 1 heterocycles. The van der Waals surface area contributed by atoms with Crippen LogP contribution in [0.1, 0.15) is 24.6 Å². The third-order valence-corrected chi connectivity index (χ3v) is 2.56. The summed E-state index contributed by atoms with van der Waals surface area (Å²) in [5.74, 6) is 0. The summed E-state index contributed by atoms with van der Waals surface area (Å²) >= 11 is 0. The standard InChI is InChI=1S/C12H14N4/c1-10(5-6-13)16(2)9-11-4-3-7-15-12(11)8-14/h3-4,7,10H,5,9H2,1-2H3. The van der Waals surface area contributed by atoms with E-state index in [0.29, 0.717) is 18.7 Å². The zero-order chi connectivity index (χ0) is 12.0. The highest BCUT2D eigenvalue weighted by Gasteiger charge is 2.11. The maximum atomic E-state index is 8.89. The van der Waals surface area contributed by atoms with Crippen molar-refractivity contribution in [2.24, 2.45) is 0 Å². The summed E-state index contributed by atoms with van der Waals surface area (Å²) in [6.07, 6.45) is 2.10. The van der Waals surface area contributed by atoms with E-state index < -0.39 is 0 Å². The van der Waals surface area contributed by atoms with Crippen molar-refractivity contribution in [2.75, 3.05) is 7.05 Å². The van der Waals surface area contributed by atoms with E-state index in [1.165, 1.54) is 0 Å². The first-order valence-electron chi connectivity index (χ1n) is 5.10. The zero-order valence-electron chi connectivity index (χ0n) is 9.51. The van der Waals surface area contributed by atoms with E-state index in [1.54, 1.807) is 6.20 Å². The molecule has 0 saturated heterocycles. The molecule has 0 N–H and O–H groups in total. The number of nitrogens with zero attached hydrogens (tertiary/aromatic N) is 4. The Labute approximate surface area is 95.8 Å². The summed E-state index contributed by atoms with van der Waals surface area (Å²) < 4.78 is 0. The Morgan fingerprint density at radius 3 is 2.88 bits per heavy atom. The van der Waals surface area contributed by atoms with Crippen molar-refractivity contribution in [3.05, 3.63) is 29.6 Å². The van der Waals surface area contributed by atoms with Gasteiger partial charge in [-0.05, 0) is 20.0 Å². The molecule has 1 rings (SSSR count). The molecule has 0 aromatic carbocycles. The second-order valence-corrected chi connectivity index (χ2v) is 3.75. The van der Waals surface area contributed by atoms with Crippen molar-refractivity contribution >= 4 is 0 Å². The monoisotopic (exact) mass is 214 g/mol. The first-order valence-corrected chi connectivity index (χ1v) is 5.10. The van der Waals surface area contributed by atoms with Gasteiger partial charge in [-0.25, -0.2) is 4.98 Å². The van der Waals surface area contributed by atoms with Crippen LogP contribution in [0.4, 0.5) is 0 Å². The highest BCUT2D eigenvalue weighted by molar-refractivity contribution is 5.30. The average molecular weight is 214 g/mol. The van der Waals surface area contributed by atoms with Gasteiger partial charge in [-0.15, -0.1) is 0 Å². The Morgan fingerprint density at radius 1 is 1.50 bits per heavy atom. The topological polar surface area (TPSA) is 63.7 Å². The lowest BCUT2D eigenvalue weighted by Gasteiger charge is -2.22. The van der Waals surface area contributed by atoms with Crippen molar-refractivity contribution < 1.29 is 0 Å². The summed E-state index contributed by atoms with van der Waals surface area (Å²) in [7, 11) is 1.94. The van der Waals surface area contributed by atoms with Crippen molar-refractivity contribution in [3.63, 3.8) is 0 Å². The van der Waals surface area contributed by atoms with E-state index in [1.807, 2.05) is 31.0 Å². The van der Waals surface area contributed by atoms with Crippen LogP contribution >= 0.6 is 0 Å². The van der Waals surface area contributed by atoms with Gasteiger partial charge in [0.05, 0.1) is 12.5 Å². The van der Waals surface area contributed by atoms with Crippen LogP contribution in [-0.4, -0.2) is 23.0 Å².